The molecule has 0 bridgehead atoms. The van der Waals surface area contributed by atoms with E-state index in [0.29, 0.717) is 0 Å². The first-order valence-corrected chi connectivity index (χ1v) is 4.16. The van der Waals surface area contributed by atoms with E-state index in [1.807, 2.05) is 13.8 Å². The van der Waals surface area contributed by atoms with Crippen LogP contribution in [0.5, 0.6) is 0 Å². The Morgan fingerprint density at radius 2 is 2.17 bits per heavy atom. The van der Waals surface area contributed by atoms with Gasteiger partial charge in [0.15, 0.2) is 0 Å². The molecule has 0 spiro atoms. The van der Waals surface area contributed by atoms with Crippen LogP contribution in [-0.2, 0) is 4.79 Å². The van der Waals surface area contributed by atoms with Crippen LogP contribution in [0, 0.1) is 5.92 Å². The van der Waals surface area contributed by atoms with Crippen molar-refractivity contribution < 1.29 is 9.59 Å². The molecular formula is C8H14N2O2. The number of carbonyl (C=O) groups excluding carboxylic acids is 2. The van der Waals surface area contributed by atoms with Crippen LogP contribution in [0.1, 0.15) is 20.3 Å². The fourth-order valence-electron chi connectivity index (χ4n) is 1.22. The highest BCUT2D eigenvalue weighted by molar-refractivity contribution is 6.03. The molecule has 68 valence electrons. The summed E-state index contributed by atoms with van der Waals surface area (Å²) < 4.78 is 0. The van der Waals surface area contributed by atoms with Crippen molar-refractivity contribution >= 4 is 11.9 Å². The standard InChI is InChI=1S/C8H14N2O2/c1-4-5(2)6-7(11)10(3)8(12)9-6/h5-6H,4H2,1-3H3,(H,9,12)/t5-,6?/m1/s1. The van der Waals surface area contributed by atoms with E-state index in [9.17, 15) is 9.59 Å². The summed E-state index contributed by atoms with van der Waals surface area (Å²) in [6.45, 7) is 3.96. The minimum Gasteiger partial charge on any atom is -0.326 e. The van der Waals surface area contributed by atoms with Gasteiger partial charge < -0.3 is 5.32 Å². The number of rotatable bonds is 2. The third kappa shape index (κ3) is 1.29. The lowest BCUT2D eigenvalue weighted by Crippen LogP contribution is -2.35. The molecule has 0 aliphatic carbocycles. The number of urea groups is 1. The Morgan fingerprint density at radius 3 is 2.50 bits per heavy atom. The first-order valence-electron chi connectivity index (χ1n) is 4.16. The number of likely N-dealkylation sites (N-methyl/N-ethyl adjacent to an activating group) is 1. The van der Waals surface area contributed by atoms with Crippen LogP contribution < -0.4 is 5.32 Å². The first-order chi connectivity index (χ1) is 5.57. The monoisotopic (exact) mass is 170 g/mol. The smallest absolute Gasteiger partial charge is 0.324 e. The van der Waals surface area contributed by atoms with Crippen LogP contribution in [-0.4, -0.2) is 29.9 Å². The third-order valence-electron chi connectivity index (χ3n) is 2.39. The van der Waals surface area contributed by atoms with E-state index in [1.54, 1.807) is 0 Å². The van der Waals surface area contributed by atoms with Crippen LogP contribution >= 0.6 is 0 Å². The van der Waals surface area contributed by atoms with Crippen molar-refractivity contribution in [1.82, 2.24) is 10.2 Å². The lowest BCUT2D eigenvalue weighted by Gasteiger charge is -2.14. The van der Waals surface area contributed by atoms with E-state index in [0.717, 1.165) is 11.3 Å². The Balaban J connectivity index is 2.71. The first kappa shape index (κ1) is 9.03. The van der Waals surface area contributed by atoms with Gasteiger partial charge in [0.2, 0.25) is 0 Å². The van der Waals surface area contributed by atoms with Gasteiger partial charge in [0.1, 0.15) is 6.04 Å². The molecule has 1 aliphatic heterocycles. The van der Waals surface area contributed by atoms with Crippen molar-refractivity contribution in [2.24, 2.45) is 5.92 Å². The fraction of sp³-hybridized carbons (Fsp3) is 0.750. The number of hydrogen-bond donors (Lipinski definition) is 1. The van der Waals surface area contributed by atoms with Crippen molar-refractivity contribution in [3.05, 3.63) is 0 Å². The van der Waals surface area contributed by atoms with Gasteiger partial charge in [-0.25, -0.2) is 4.79 Å². The molecule has 0 aromatic carbocycles. The summed E-state index contributed by atoms with van der Waals surface area (Å²) in [7, 11) is 1.50. The average Bonchev–Trinajstić information content (AvgIpc) is 2.32. The van der Waals surface area contributed by atoms with Gasteiger partial charge in [-0.1, -0.05) is 20.3 Å². The molecule has 3 amide bonds. The van der Waals surface area contributed by atoms with E-state index in [2.05, 4.69) is 5.32 Å². The van der Waals surface area contributed by atoms with Crippen LogP contribution in [0.2, 0.25) is 0 Å². The van der Waals surface area contributed by atoms with Gasteiger partial charge in [0, 0.05) is 7.05 Å². The molecule has 0 aromatic rings. The summed E-state index contributed by atoms with van der Waals surface area (Å²) in [6, 6.07) is -0.599. The molecule has 0 radical (unpaired) electrons. The third-order valence-corrected chi connectivity index (χ3v) is 2.39. The summed E-state index contributed by atoms with van der Waals surface area (Å²) in [6.07, 6.45) is 0.893. The molecule has 1 N–H and O–H groups in total. The second-order valence-electron chi connectivity index (χ2n) is 3.21. The van der Waals surface area contributed by atoms with Gasteiger partial charge in [0.05, 0.1) is 0 Å². The Labute approximate surface area is 71.9 Å². The molecule has 0 saturated carbocycles. The maximum atomic E-state index is 11.4. The lowest BCUT2D eigenvalue weighted by molar-refractivity contribution is -0.127. The number of carbonyl (C=O) groups is 2. The Kier molecular flexibility index (Phi) is 2.35. The highest BCUT2D eigenvalue weighted by atomic mass is 16.2. The molecule has 12 heavy (non-hydrogen) atoms. The molecular weight excluding hydrogens is 156 g/mol. The summed E-state index contributed by atoms with van der Waals surface area (Å²) in [5, 5.41) is 2.64. The van der Waals surface area contributed by atoms with Crippen LogP contribution in [0.25, 0.3) is 0 Å². The molecule has 0 aromatic heterocycles. The zero-order chi connectivity index (χ0) is 9.30. The zero-order valence-electron chi connectivity index (χ0n) is 7.63. The number of nitrogens with zero attached hydrogens (tertiary/aromatic N) is 1. The molecule has 1 saturated heterocycles. The predicted octanol–water partition coefficient (Wildman–Crippen LogP) is 0.583. The average molecular weight is 170 g/mol. The van der Waals surface area contributed by atoms with Gasteiger partial charge in [-0.3, -0.25) is 9.69 Å². The van der Waals surface area contributed by atoms with Crippen molar-refractivity contribution in [3.63, 3.8) is 0 Å². The van der Waals surface area contributed by atoms with Crippen molar-refractivity contribution in [2.75, 3.05) is 7.05 Å². The number of imide groups is 1. The fourth-order valence-corrected chi connectivity index (χ4v) is 1.22. The lowest BCUT2D eigenvalue weighted by atomic mass is 9.99. The summed E-state index contributed by atoms with van der Waals surface area (Å²) in [5.74, 6) is 0.0979. The second kappa shape index (κ2) is 3.13. The SMILES string of the molecule is CC[C@@H](C)C1NC(=O)N(C)C1=O. The number of amides is 3. The molecule has 4 nitrogen and oxygen atoms in total. The van der Waals surface area contributed by atoms with Crippen molar-refractivity contribution in [1.29, 1.82) is 0 Å². The molecule has 2 atom stereocenters. The van der Waals surface area contributed by atoms with Crippen LogP contribution in [0.15, 0.2) is 0 Å². The molecule has 1 heterocycles. The molecule has 1 unspecified atom stereocenters. The largest absolute Gasteiger partial charge is 0.326 e. The predicted molar refractivity (Wildman–Crippen MR) is 44.5 cm³/mol. The zero-order valence-corrected chi connectivity index (χ0v) is 7.63. The normalized spacial score (nSPS) is 25.9. The van der Waals surface area contributed by atoms with Crippen molar-refractivity contribution in [3.8, 4) is 0 Å². The Morgan fingerprint density at radius 1 is 1.58 bits per heavy atom. The molecule has 1 rings (SSSR count). The Bertz CT molecular complexity index is 215. The number of nitrogens with one attached hydrogen (secondary N) is 1. The molecule has 1 fully saturated rings. The highest BCUT2D eigenvalue weighted by Gasteiger charge is 2.37. The van der Waals surface area contributed by atoms with E-state index in [1.165, 1.54) is 7.05 Å². The summed E-state index contributed by atoms with van der Waals surface area (Å²) in [4.78, 5) is 23.5. The van der Waals surface area contributed by atoms with Gasteiger partial charge >= 0.3 is 6.03 Å². The van der Waals surface area contributed by atoms with E-state index in [-0.39, 0.29) is 23.9 Å². The van der Waals surface area contributed by atoms with E-state index in [4.69, 9.17) is 0 Å². The van der Waals surface area contributed by atoms with Crippen LogP contribution in [0.3, 0.4) is 0 Å². The van der Waals surface area contributed by atoms with Crippen LogP contribution in [0.4, 0.5) is 4.79 Å². The molecule has 1 aliphatic rings. The van der Waals surface area contributed by atoms with Gasteiger partial charge in [0.25, 0.3) is 5.91 Å². The maximum Gasteiger partial charge on any atom is 0.324 e. The summed E-state index contributed by atoms with van der Waals surface area (Å²) in [5.41, 5.74) is 0. The van der Waals surface area contributed by atoms with Gasteiger partial charge in [-0.2, -0.15) is 0 Å². The second-order valence-corrected chi connectivity index (χ2v) is 3.21. The van der Waals surface area contributed by atoms with E-state index < -0.39 is 0 Å². The quantitative estimate of drug-likeness (QED) is 0.616. The highest BCUT2D eigenvalue weighted by Crippen LogP contribution is 2.14. The Hall–Kier alpha value is -1.06. The van der Waals surface area contributed by atoms with E-state index >= 15 is 0 Å². The summed E-state index contributed by atoms with van der Waals surface area (Å²) >= 11 is 0. The molecule has 4 heteroatoms. The number of hydrogen-bond acceptors (Lipinski definition) is 2. The minimum atomic E-state index is -0.313. The minimum absolute atomic E-state index is 0.116. The van der Waals surface area contributed by atoms with Gasteiger partial charge in [-0.05, 0) is 5.92 Å². The van der Waals surface area contributed by atoms with Gasteiger partial charge in [-0.15, -0.1) is 0 Å². The maximum absolute atomic E-state index is 11.4. The topological polar surface area (TPSA) is 49.4 Å². The van der Waals surface area contributed by atoms with Crippen molar-refractivity contribution in [2.45, 2.75) is 26.3 Å².